The van der Waals surface area contributed by atoms with Crippen molar-refractivity contribution < 1.29 is 14.4 Å². The molecule has 0 saturated heterocycles. The SMILES string of the molecule is Cc1c2c(-c3nc(C(C)CO)no3)ncn2c2ccccc2[n+]1[O-]. The molecule has 0 saturated carbocycles. The second-order valence-corrected chi connectivity index (χ2v) is 5.72. The lowest BCUT2D eigenvalue weighted by Crippen LogP contribution is -2.32. The van der Waals surface area contributed by atoms with Gasteiger partial charge in [-0.2, -0.15) is 9.71 Å². The fourth-order valence-electron chi connectivity index (χ4n) is 2.76. The van der Waals surface area contributed by atoms with Crippen molar-refractivity contribution in [3.63, 3.8) is 0 Å². The summed E-state index contributed by atoms with van der Waals surface area (Å²) in [5, 5.41) is 25.7. The molecule has 0 bridgehead atoms. The average molecular weight is 325 g/mol. The lowest BCUT2D eigenvalue weighted by atomic mass is 10.2. The summed E-state index contributed by atoms with van der Waals surface area (Å²) in [7, 11) is 0. The Kier molecular flexibility index (Phi) is 3.20. The summed E-state index contributed by atoms with van der Waals surface area (Å²) >= 11 is 0. The smallest absolute Gasteiger partial charge is 0.279 e. The molecular formula is C16H15N5O3. The number of imidazole rings is 1. The van der Waals surface area contributed by atoms with Gasteiger partial charge in [-0.15, -0.1) is 0 Å². The van der Waals surface area contributed by atoms with Crippen LogP contribution in [0.2, 0.25) is 0 Å². The van der Waals surface area contributed by atoms with Crippen molar-refractivity contribution in [1.29, 1.82) is 0 Å². The first-order valence-electron chi connectivity index (χ1n) is 7.54. The van der Waals surface area contributed by atoms with Gasteiger partial charge in [-0.05, 0) is 6.07 Å². The van der Waals surface area contributed by atoms with Crippen molar-refractivity contribution in [2.24, 2.45) is 0 Å². The third-order valence-electron chi connectivity index (χ3n) is 4.13. The Morgan fingerprint density at radius 1 is 1.38 bits per heavy atom. The average Bonchev–Trinajstić information content (AvgIpc) is 3.25. The summed E-state index contributed by atoms with van der Waals surface area (Å²) in [4.78, 5) is 8.67. The summed E-state index contributed by atoms with van der Waals surface area (Å²) in [6.07, 6.45) is 1.64. The summed E-state index contributed by atoms with van der Waals surface area (Å²) in [5.74, 6) is 0.399. The zero-order valence-electron chi connectivity index (χ0n) is 13.2. The van der Waals surface area contributed by atoms with Gasteiger partial charge < -0.3 is 14.8 Å². The van der Waals surface area contributed by atoms with Crippen LogP contribution in [0.4, 0.5) is 0 Å². The van der Waals surface area contributed by atoms with Crippen molar-refractivity contribution in [3.05, 3.63) is 47.3 Å². The highest BCUT2D eigenvalue weighted by atomic mass is 16.5. The van der Waals surface area contributed by atoms with E-state index in [1.54, 1.807) is 26.2 Å². The summed E-state index contributed by atoms with van der Waals surface area (Å²) < 4.78 is 8.01. The molecule has 4 rings (SSSR count). The van der Waals surface area contributed by atoms with Crippen molar-refractivity contribution in [1.82, 2.24) is 19.5 Å². The van der Waals surface area contributed by atoms with Crippen molar-refractivity contribution in [3.8, 4) is 11.6 Å². The van der Waals surface area contributed by atoms with Gasteiger partial charge in [0.1, 0.15) is 17.4 Å². The molecule has 0 aliphatic carbocycles. The minimum absolute atomic E-state index is 0.0763. The van der Waals surface area contributed by atoms with Crippen LogP contribution in [0.15, 0.2) is 35.1 Å². The van der Waals surface area contributed by atoms with Crippen LogP contribution in [0.1, 0.15) is 24.4 Å². The molecule has 1 unspecified atom stereocenters. The van der Waals surface area contributed by atoms with Crippen LogP contribution in [0, 0.1) is 12.1 Å². The monoisotopic (exact) mass is 325 g/mol. The number of aryl methyl sites for hydroxylation is 1. The van der Waals surface area contributed by atoms with Crippen LogP contribution in [0.25, 0.3) is 28.1 Å². The topological polar surface area (TPSA) is 103 Å². The lowest BCUT2D eigenvalue weighted by Gasteiger charge is -2.08. The number of benzene rings is 1. The number of aromatic nitrogens is 5. The Bertz CT molecular complexity index is 1050. The predicted molar refractivity (Wildman–Crippen MR) is 85.2 cm³/mol. The first-order chi connectivity index (χ1) is 11.6. The molecule has 3 heterocycles. The number of rotatable bonds is 3. The molecule has 0 aliphatic heterocycles. The van der Waals surface area contributed by atoms with E-state index >= 15 is 0 Å². The largest absolute Gasteiger partial charge is 0.618 e. The maximum absolute atomic E-state index is 12.6. The van der Waals surface area contributed by atoms with Crippen LogP contribution in [0.3, 0.4) is 0 Å². The molecule has 1 atom stereocenters. The maximum atomic E-state index is 12.6. The molecule has 1 aromatic carbocycles. The maximum Gasteiger partial charge on any atom is 0.279 e. The molecule has 0 spiro atoms. The van der Waals surface area contributed by atoms with Crippen molar-refractivity contribution >= 4 is 16.6 Å². The first kappa shape index (κ1) is 14.6. The molecule has 3 aromatic heterocycles. The van der Waals surface area contributed by atoms with E-state index in [1.807, 2.05) is 22.6 Å². The molecule has 24 heavy (non-hydrogen) atoms. The summed E-state index contributed by atoms with van der Waals surface area (Å²) in [6, 6.07) is 7.31. The molecule has 0 fully saturated rings. The number of hydrogen-bond acceptors (Lipinski definition) is 6. The standard InChI is InChI=1S/C16H15N5O3/c1-9(7-22)15-18-16(24-19-15)13-14-10(2)21(23)12-6-4-3-5-11(12)20(14)8-17-13/h3-6,8-9,22H,7H2,1-2H3. The Balaban J connectivity index is 1.99. The molecule has 0 aliphatic rings. The quantitative estimate of drug-likeness (QED) is 0.453. The summed E-state index contributed by atoms with van der Waals surface area (Å²) in [5.41, 5.74) is 2.88. The van der Waals surface area contributed by atoms with Gasteiger partial charge in [0.25, 0.3) is 5.89 Å². The zero-order valence-corrected chi connectivity index (χ0v) is 13.2. The van der Waals surface area contributed by atoms with E-state index in [9.17, 15) is 10.3 Å². The number of para-hydroxylation sites is 2. The Labute approximate surface area is 136 Å². The van der Waals surface area contributed by atoms with Crippen LogP contribution in [-0.2, 0) is 0 Å². The highest BCUT2D eigenvalue weighted by Crippen LogP contribution is 2.26. The van der Waals surface area contributed by atoms with Gasteiger partial charge in [0.2, 0.25) is 11.2 Å². The van der Waals surface area contributed by atoms with Gasteiger partial charge in [-0.3, -0.25) is 4.40 Å². The van der Waals surface area contributed by atoms with E-state index in [1.165, 1.54) is 0 Å². The highest BCUT2D eigenvalue weighted by molar-refractivity contribution is 5.82. The number of aliphatic hydroxyl groups is 1. The highest BCUT2D eigenvalue weighted by Gasteiger charge is 2.24. The van der Waals surface area contributed by atoms with Gasteiger partial charge in [0.05, 0.1) is 6.61 Å². The zero-order chi connectivity index (χ0) is 16.8. The number of fused-ring (bicyclic) bond motifs is 3. The Hall–Kier alpha value is -3.00. The fraction of sp³-hybridized carbons (Fsp3) is 0.250. The molecule has 4 aromatic rings. The molecule has 8 heteroatoms. The van der Waals surface area contributed by atoms with Crippen LogP contribution >= 0.6 is 0 Å². The number of nitrogens with zero attached hydrogens (tertiary/aromatic N) is 5. The first-order valence-corrected chi connectivity index (χ1v) is 7.54. The molecular weight excluding hydrogens is 310 g/mol. The van der Waals surface area contributed by atoms with Crippen LogP contribution in [0.5, 0.6) is 0 Å². The fourth-order valence-corrected chi connectivity index (χ4v) is 2.76. The minimum Gasteiger partial charge on any atom is -0.618 e. The molecule has 0 amide bonds. The van der Waals surface area contributed by atoms with E-state index in [4.69, 9.17) is 4.52 Å². The third-order valence-corrected chi connectivity index (χ3v) is 4.13. The third kappa shape index (κ3) is 1.96. The molecule has 122 valence electrons. The molecule has 0 radical (unpaired) electrons. The normalized spacial score (nSPS) is 13.0. The molecule has 1 N–H and O–H groups in total. The minimum atomic E-state index is -0.234. The van der Waals surface area contributed by atoms with Crippen molar-refractivity contribution in [2.75, 3.05) is 6.61 Å². The van der Waals surface area contributed by atoms with Gasteiger partial charge in [-0.25, -0.2) is 4.98 Å². The Morgan fingerprint density at radius 3 is 2.96 bits per heavy atom. The van der Waals surface area contributed by atoms with Crippen LogP contribution in [-0.4, -0.2) is 31.2 Å². The Morgan fingerprint density at radius 2 is 2.17 bits per heavy atom. The van der Waals surface area contributed by atoms with E-state index in [2.05, 4.69) is 15.1 Å². The number of aliphatic hydroxyl groups excluding tert-OH is 1. The lowest BCUT2D eigenvalue weighted by molar-refractivity contribution is -0.583. The van der Waals surface area contributed by atoms with E-state index in [0.29, 0.717) is 28.2 Å². The van der Waals surface area contributed by atoms with Gasteiger partial charge in [0.15, 0.2) is 11.5 Å². The van der Waals surface area contributed by atoms with Gasteiger partial charge in [0, 0.05) is 18.9 Å². The second kappa shape index (κ2) is 5.27. The van der Waals surface area contributed by atoms with E-state index in [-0.39, 0.29) is 18.4 Å². The predicted octanol–water partition coefficient (Wildman–Crippen LogP) is 1.58. The van der Waals surface area contributed by atoms with Crippen LogP contribution < -0.4 is 4.73 Å². The van der Waals surface area contributed by atoms with Gasteiger partial charge in [-0.1, -0.05) is 24.2 Å². The number of hydrogen-bond donors (Lipinski definition) is 1. The van der Waals surface area contributed by atoms with E-state index < -0.39 is 0 Å². The van der Waals surface area contributed by atoms with Gasteiger partial charge >= 0.3 is 0 Å². The summed E-state index contributed by atoms with van der Waals surface area (Å²) in [6.45, 7) is 3.45. The van der Waals surface area contributed by atoms with Crippen molar-refractivity contribution in [2.45, 2.75) is 19.8 Å². The van der Waals surface area contributed by atoms with E-state index in [0.717, 1.165) is 10.2 Å². The molecule has 8 nitrogen and oxygen atoms in total. The second-order valence-electron chi connectivity index (χ2n) is 5.72.